The smallest absolute Gasteiger partial charge is 0.317 e. The van der Waals surface area contributed by atoms with E-state index in [4.69, 9.17) is 10.2 Å². The minimum atomic E-state index is -0.851. The molecule has 0 amide bonds. The predicted molar refractivity (Wildman–Crippen MR) is 64.4 cm³/mol. The molecule has 6 nitrogen and oxygen atoms in total. The molecule has 3 N–H and O–H groups in total. The van der Waals surface area contributed by atoms with Gasteiger partial charge in [0.2, 0.25) is 0 Å². The summed E-state index contributed by atoms with van der Waals surface area (Å²) in [7, 11) is 0. The van der Waals surface area contributed by atoms with Crippen LogP contribution >= 0.6 is 0 Å². The van der Waals surface area contributed by atoms with Gasteiger partial charge in [0.25, 0.3) is 0 Å². The summed E-state index contributed by atoms with van der Waals surface area (Å²) >= 11 is 0. The van der Waals surface area contributed by atoms with Gasteiger partial charge in [-0.25, -0.2) is 0 Å². The first-order valence-electron chi connectivity index (χ1n) is 6.45. The summed E-state index contributed by atoms with van der Waals surface area (Å²) in [5, 5.41) is 21.2. The molecule has 1 heterocycles. The second-order valence-electron chi connectivity index (χ2n) is 5.43. The standard InChI is InChI=1S/C12H20N2O4/c15-11(16)4-8-3-10(13-9-1-2-9)6-14(5-8)7-12(17)18/h8-10,13H,1-7H2,(H,15,16)(H,17,18). The van der Waals surface area contributed by atoms with Crippen LogP contribution in [0.4, 0.5) is 0 Å². The predicted octanol–water partition coefficient (Wildman–Crippen LogP) is -0.0118. The first-order chi connectivity index (χ1) is 8.52. The zero-order chi connectivity index (χ0) is 13.1. The fourth-order valence-electron chi connectivity index (χ4n) is 2.72. The van der Waals surface area contributed by atoms with Crippen LogP contribution in [0.2, 0.25) is 0 Å². The molecular weight excluding hydrogens is 236 g/mol. The van der Waals surface area contributed by atoms with Crippen LogP contribution in [0.1, 0.15) is 25.7 Å². The lowest BCUT2D eigenvalue weighted by atomic mass is 9.91. The summed E-state index contributed by atoms with van der Waals surface area (Å²) < 4.78 is 0. The number of hydrogen-bond acceptors (Lipinski definition) is 4. The lowest BCUT2D eigenvalue weighted by Gasteiger charge is -2.37. The van der Waals surface area contributed by atoms with Gasteiger partial charge < -0.3 is 15.5 Å². The van der Waals surface area contributed by atoms with Gasteiger partial charge in [-0.2, -0.15) is 0 Å². The number of likely N-dealkylation sites (tertiary alicyclic amines) is 1. The fraction of sp³-hybridized carbons (Fsp3) is 0.833. The van der Waals surface area contributed by atoms with Crippen LogP contribution in [-0.2, 0) is 9.59 Å². The number of nitrogens with zero attached hydrogens (tertiary/aromatic N) is 1. The van der Waals surface area contributed by atoms with E-state index in [1.807, 2.05) is 4.90 Å². The van der Waals surface area contributed by atoms with Gasteiger partial charge in [0.15, 0.2) is 0 Å². The summed E-state index contributed by atoms with van der Waals surface area (Å²) in [5.41, 5.74) is 0. The number of carboxylic acid groups (broad SMARTS) is 2. The average molecular weight is 256 g/mol. The molecule has 6 heteroatoms. The van der Waals surface area contributed by atoms with Crippen LogP contribution in [0.15, 0.2) is 0 Å². The zero-order valence-electron chi connectivity index (χ0n) is 10.3. The summed E-state index contributed by atoms with van der Waals surface area (Å²) in [6.07, 6.45) is 3.32. The molecule has 0 aromatic heterocycles. The van der Waals surface area contributed by atoms with E-state index in [-0.39, 0.29) is 24.9 Å². The van der Waals surface area contributed by atoms with Crippen LogP contribution in [-0.4, -0.2) is 58.8 Å². The maximum atomic E-state index is 10.8. The van der Waals surface area contributed by atoms with E-state index in [1.165, 1.54) is 12.8 Å². The molecule has 1 saturated heterocycles. The van der Waals surface area contributed by atoms with E-state index in [9.17, 15) is 9.59 Å². The third-order valence-corrected chi connectivity index (χ3v) is 3.48. The molecule has 0 spiro atoms. The molecule has 1 saturated carbocycles. The van der Waals surface area contributed by atoms with Crippen molar-refractivity contribution < 1.29 is 19.8 Å². The van der Waals surface area contributed by atoms with Crippen molar-refractivity contribution in [3.63, 3.8) is 0 Å². The molecule has 0 aromatic rings. The van der Waals surface area contributed by atoms with Gasteiger partial charge in [0, 0.05) is 31.6 Å². The summed E-state index contributed by atoms with van der Waals surface area (Å²) in [6, 6.07) is 0.792. The average Bonchev–Trinajstić information content (AvgIpc) is 2.98. The summed E-state index contributed by atoms with van der Waals surface area (Å²) in [5.74, 6) is -1.61. The van der Waals surface area contributed by atoms with Gasteiger partial charge in [0.05, 0.1) is 6.54 Å². The second kappa shape index (κ2) is 5.67. The molecular formula is C12H20N2O4. The monoisotopic (exact) mass is 256 g/mol. The molecule has 1 aliphatic carbocycles. The lowest BCUT2D eigenvalue weighted by molar-refractivity contribution is -0.139. The molecule has 0 radical (unpaired) electrons. The van der Waals surface area contributed by atoms with Crippen molar-refractivity contribution in [1.82, 2.24) is 10.2 Å². The Kier molecular flexibility index (Phi) is 4.19. The maximum absolute atomic E-state index is 10.8. The summed E-state index contributed by atoms with van der Waals surface area (Å²) in [4.78, 5) is 23.4. The van der Waals surface area contributed by atoms with Gasteiger partial charge in [-0.3, -0.25) is 14.5 Å². The third kappa shape index (κ3) is 4.27. The van der Waals surface area contributed by atoms with Crippen LogP contribution in [0, 0.1) is 5.92 Å². The molecule has 0 bridgehead atoms. The van der Waals surface area contributed by atoms with Crippen molar-refractivity contribution in [2.45, 2.75) is 37.8 Å². The molecule has 1 aliphatic heterocycles. The molecule has 18 heavy (non-hydrogen) atoms. The number of carboxylic acids is 2. The number of aliphatic carboxylic acids is 2. The molecule has 2 unspecified atom stereocenters. The molecule has 102 valence electrons. The van der Waals surface area contributed by atoms with Gasteiger partial charge in [-0.05, 0) is 25.2 Å². The van der Waals surface area contributed by atoms with Crippen LogP contribution in [0.3, 0.4) is 0 Å². The topological polar surface area (TPSA) is 89.9 Å². The Morgan fingerprint density at radius 1 is 1.11 bits per heavy atom. The Labute approximate surface area is 106 Å². The quantitative estimate of drug-likeness (QED) is 0.619. The molecule has 2 atom stereocenters. The second-order valence-corrected chi connectivity index (χ2v) is 5.43. The van der Waals surface area contributed by atoms with Crippen molar-refractivity contribution in [3.05, 3.63) is 0 Å². The molecule has 0 aromatic carbocycles. The Balaban J connectivity index is 1.89. The van der Waals surface area contributed by atoms with Crippen molar-refractivity contribution in [3.8, 4) is 0 Å². The van der Waals surface area contributed by atoms with E-state index >= 15 is 0 Å². The van der Waals surface area contributed by atoms with Gasteiger partial charge in [-0.15, -0.1) is 0 Å². The Hall–Kier alpha value is -1.14. The highest BCUT2D eigenvalue weighted by Crippen LogP contribution is 2.25. The normalized spacial score (nSPS) is 29.1. The van der Waals surface area contributed by atoms with Crippen molar-refractivity contribution in [2.24, 2.45) is 5.92 Å². The maximum Gasteiger partial charge on any atom is 0.317 e. The number of piperidine rings is 1. The van der Waals surface area contributed by atoms with Crippen LogP contribution in [0.25, 0.3) is 0 Å². The van der Waals surface area contributed by atoms with Crippen LogP contribution in [0.5, 0.6) is 0 Å². The van der Waals surface area contributed by atoms with Crippen molar-refractivity contribution in [2.75, 3.05) is 19.6 Å². The highest BCUT2D eigenvalue weighted by atomic mass is 16.4. The van der Waals surface area contributed by atoms with E-state index in [2.05, 4.69) is 5.32 Å². The van der Waals surface area contributed by atoms with E-state index in [1.54, 1.807) is 0 Å². The van der Waals surface area contributed by atoms with Gasteiger partial charge >= 0.3 is 11.9 Å². The SMILES string of the molecule is O=C(O)CC1CC(NC2CC2)CN(CC(=O)O)C1. The summed E-state index contributed by atoms with van der Waals surface area (Å²) in [6.45, 7) is 1.28. The minimum Gasteiger partial charge on any atom is -0.481 e. The molecule has 2 aliphatic rings. The van der Waals surface area contributed by atoms with Gasteiger partial charge in [0.1, 0.15) is 0 Å². The van der Waals surface area contributed by atoms with Crippen LogP contribution < -0.4 is 5.32 Å². The number of carbonyl (C=O) groups is 2. The largest absolute Gasteiger partial charge is 0.481 e. The highest BCUT2D eigenvalue weighted by molar-refractivity contribution is 5.69. The molecule has 2 fully saturated rings. The number of hydrogen-bond donors (Lipinski definition) is 3. The minimum absolute atomic E-state index is 0.00103. The first-order valence-corrected chi connectivity index (χ1v) is 6.45. The highest BCUT2D eigenvalue weighted by Gasteiger charge is 2.32. The van der Waals surface area contributed by atoms with E-state index < -0.39 is 11.9 Å². The van der Waals surface area contributed by atoms with Crippen molar-refractivity contribution in [1.29, 1.82) is 0 Å². The first kappa shape index (κ1) is 13.3. The molecule has 2 rings (SSSR count). The van der Waals surface area contributed by atoms with E-state index in [0.717, 1.165) is 6.42 Å². The van der Waals surface area contributed by atoms with Gasteiger partial charge in [-0.1, -0.05) is 0 Å². The zero-order valence-corrected chi connectivity index (χ0v) is 10.3. The fourth-order valence-corrected chi connectivity index (χ4v) is 2.72. The lowest BCUT2D eigenvalue weighted by Crippen LogP contribution is -2.51. The number of rotatable bonds is 6. The van der Waals surface area contributed by atoms with E-state index in [0.29, 0.717) is 19.1 Å². The van der Waals surface area contributed by atoms with Crippen molar-refractivity contribution >= 4 is 11.9 Å². The Bertz CT molecular complexity index is 306. The Morgan fingerprint density at radius 2 is 1.83 bits per heavy atom. The number of nitrogens with one attached hydrogen (secondary N) is 1. The Morgan fingerprint density at radius 3 is 2.39 bits per heavy atom. The third-order valence-electron chi connectivity index (χ3n) is 3.48.